The van der Waals surface area contributed by atoms with Crippen molar-refractivity contribution < 1.29 is 9.53 Å². The zero-order valence-electron chi connectivity index (χ0n) is 12.9. The number of carbonyl (C=O) groups is 1. The molecule has 0 bridgehead atoms. The number of carbonyl (C=O) groups excluding carboxylic acids is 1. The standard InChI is InChI=1S/C16H25N3O2/c1-17-10-5-8-16(20)18-13-9-11-19(12-13)14-6-3-4-7-15(14)21-2/h3-4,6-7,13,17H,5,8-12H2,1-2H3,(H,18,20). The molecule has 1 saturated heterocycles. The van der Waals surface area contributed by atoms with E-state index in [-0.39, 0.29) is 11.9 Å². The van der Waals surface area contributed by atoms with Crippen LogP contribution in [0.5, 0.6) is 5.75 Å². The van der Waals surface area contributed by atoms with Gasteiger partial charge in [-0.2, -0.15) is 0 Å². The Morgan fingerprint density at radius 3 is 3.00 bits per heavy atom. The molecular weight excluding hydrogens is 266 g/mol. The second-order valence-corrected chi connectivity index (χ2v) is 5.38. The number of hydrogen-bond donors (Lipinski definition) is 2. The number of hydrogen-bond acceptors (Lipinski definition) is 4. The summed E-state index contributed by atoms with van der Waals surface area (Å²) in [7, 11) is 3.59. The molecule has 2 N–H and O–H groups in total. The first-order chi connectivity index (χ1) is 10.2. The highest BCUT2D eigenvalue weighted by atomic mass is 16.5. The van der Waals surface area contributed by atoms with E-state index in [0.717, 1.165) is 43.9 Å². The molecule has 0 aromatic heterocycles. The molecule has 0 radical (unpaired) electrons. The lowest BCUT2D eigenvalue weighted by Crippen LogP contribution is -2.37. The molecule has 0 spiro atoms. The van der Waals surface area contributed by atoms with Crippen molar-refractivity contribution in [2.24, 2.45) is 0 Å². The van der Waals surface area contributed by atoms with E-state index in [1.54, 1.807) is 7.11 Å². The third-order valence-electron chi connectivity index (χ3n) is 3.81. The monoisotopic (exact) mass is 291 g/mol. The minimum atomic E-state index is 0.150. The van der Waals surface area contributed by atoms with Crippen molar-refractivity contribution in [1.82, 2.24) is 10.6 Å². The molecule has 5 nitrogen and oxygen atoms in total. The maximum absolute atomic E-state index is 11.9. The SMILES string of the molecule is CNCCCC(=O)NC1CCN(c2ccccc2OC)C1. The molecule has 2 rings (SSSR count). The average molecular weight is 291 g/mol. The van der Waals surface area contributed by atoms with Gasteiger partial charge in [0, 0.05) is 25.6 Å². The average Bonchev–Trinajstić information content (AvgIpc) is 2.95. The Balaban J connectivity index is 1.84. The molecule has 1 aliphatic heterocycles. The van der Waals surface area contributed by atoms with Crippen LogP contribution in [0.2, 0.25) is 0 Å². The van der Waals surface area contributed by atoms with Crippen molar-refractivity contribution in [3.8, 4) is 5.75 Å². The van der Waals surface area contributed by atoms with Crippen molar-refractivity contribution in [1.29, 1.82) is 0 Å². The zero-order chi connectivity index (χ0) is 15.1. The molecule has 0 aliphatic carbocycles. The predicted octanol–water partition coefficient (Wildman–Crippen LogP) is 1.39. The summed E-state index contributed by atoms with van der Waals surface area (Å²) >= 11 is 0. The number of amides is 1. The maximum Gasteiger partial charge on any atom is 0.220 e. The first kappa shape index (κ1) is 15.6. The van der Waals surface area contributed by atoms with Gasteiger partial charge in [-0.25, -0.2) is 0 Å². The third kappa shape index (κ3) is 4.36. The summed E-state index contributed by atoms with van der Waals surface area (Å²) in [6.45, 7) is 2.67. The van der Waals surface area contributed by atoms with Gasteiger partial charge in [-0.05, 0) is 38.6 Å². The summed E-state index contributed by atoms with van der Waals surface area (Å²) < 4.78 is 5.40. The van der Waals surface area contributed by atoms with Gasteiger partial charge in [0.2, 0.25) is 5.91 Å². The second kappa shape index (κ2) is 7.88. The zero-order valence-corrected chi connectivity index (χ0v) is 12.9. The van der Waals surface area contributed by atoms with Gasteiger partial charge in [-0.3, -0.25) is 4.79 Å². The Morgan fingerprint density at radius 1 is 1.43 bits per heavy atom. The fourth-order valence-electron chi connectivity index (χ4n) is 2.71. The van der Waals surface area contributed by atoms with Crippen molar-refractivity contribution in [2.75, 3.05) is 38.7 Å². The minimum absolute atomic E-state index is 0.150. The van der Waals surface area contributed by atoms with E-state index in [1.807, 2.05) is 25.2 Å². The molecule has 21 heavy (non-hydrogen) atoms. The molecule has 1 aromatic carbocycles. The smallest absolute Gasteiger partial charge is 0.220 e. The van der Waals surface area contributed by atoms with Crippen LogP contribution in [0.4, 0.5) is 5.69 Å². The van der Waals surface area contributed by atoms with Crippen molar-refractivity contribution in [3.63, 3.8) is 0 Å². The van der Waals surface area contributed by atoms with Gasteiger partial charge in [0.1, 0.15) is 5.75 Å². The molecule has 116 valence electrons. The molecule has 1 fully saturated rings. The highest BCUT2D eigenvalue weighted by molar-refractivity contribution is 5.76. The van der Waals surface area contributed by atoms with E-state index in [9.17, 15) is 4.79 Å². The number of benzene rings is 1. The first-order valence-corrected chi connectivity index (χ1v) is 7.56. The number of anilines is 1. The van der Waals surface area contributed by atoms with Gasteiger partial charge in [0.25, 0.3) is 0 Å². The van der Waals surface area contributed by atoms with Gasteiger partial charge in [0.15, 0.2) is 0 Å². The molecule has 1 unspecified atom stereocenters. The van der Waals surface area contributed by atoms with Crippen LogP contribution < -0.4 is 20.3 Å². The van der Waals surface area contributed by atoms with E-state index < -0.39 is 0 Å². The van der Waals surface area contributed by atoms with Crippen LogP contribution in [-0.4, -0.2) is 45.7 Å². The van der Waals surface area contributed by atoms with E-state index in [4.69, 9.17) is 4.74 Å². The number of para-hydroxylation sites is 2. The summed E-state index contributed by atoms with van der Waals surface area (Å²) in [6, 6.07) is 8.26. The van der Waals surface area contributed by atoms with Gasteiger partial charge in [-0.1, -0.05) is 12.1 Å². The van der Waals surface area contributed by atoms with E-state index >= 15 is 0 Å². The van der Waals surface area contributed by atoms with Crippen molar-refractivity contribution >= 4 is 11.6 Å². The Labute approximate surface area is 126 Å². The van der Waals surface area contributed by atoms with Crippen molar-refractivity contribution in [2.45, 2.75) is 25.3 Å². The van der Waals surface area contributed by atoms with Gasteiger partial charge < -0.3 is 20.3 Å². The van der Waals surface area contributed by atoms with E-state index in [0.29, 0.717) is 6.42 Å². The molecule has 1 atom stereocenters. The number of ether oxygens (including phenoxy) is 1. The minimum Gasteiger partial charge on any atom is -0.495 e. The maximum atomic E-state index is 11.9. The van der Waals surface area contributed by atoms with Crippen LogP contribution >= 0.6 is 0 Å². The summed E-state index contributed by atoms with van der Waals surface area (Å²) in [5.74, 6) is 1.04. The molecule has 1 aromatic rings. The van der Waals surface area contributed by atoms with Gasteiger partial charge in [-0.15, -0.1) is 0 Å². The molecule has 1 aliphatic rings. The second-order valence-electron chi connectivity index (χ2n) is 5.38. The number of methoxy groups -OCH3 is 1. The molecule has 1 heterocycles. The van der Waals surface area contributed by atoms with Crippen LogP contribution in [0.3, 0.4) is 0 Å². The number of nitrogens with zero attached hydrogens (tertiary/aromatic N) is 1. The van der Waals surface area contributed by atoms with Crippen LogP contribution in [0.15, 0.2) is 24.3 Å². The Kier molecular flexibility index (Phi) is 5.87. The van der Waals surface area contributed by atoms with Crippen molar-refractivity contribution in [3.05, 3.63) is 24.3 Å². The van der Waals surface area contributed by atoms with E-state index in [2.05, 4.69) is 21.6 Å². The predicted molar refractivity (Wildman–Crippen MR) is 84.9 cm³/mol. The fraction of sp³-hybridized carbons (Fsp3) is 0.562. The lowest BCUT2D eigenvalue weighted by atomic mass is 10.2. The molecule has 5 heteroatoms. The highest BCUT2D eigenvalue weighted by Crippen LogP contribution is 2.30. The topological polar surface area (TPSA) is 53.6 Å². The quantitative estimate of drug-likeness (QED) is 0.746. The third-order valence-corrected chi connectivity index (χ3v) is 3.81. The summed E-state index contributed by atoms with van der Waals surface area (Å²) in [6.07, 6.45) is 2.45. The van der Waals surface area contributed by atoms with Gasteiger partial charge >= 0.3 is 0 Å². The van der Waals surface area contributed by atoms with Crippen LogP contribution in [-0.2, 0) is 4.79 Å². The summed E-state index contributed by atoms with van der Waals surface area (Å²) in [4.78, 5) is 14.1. The van der Waals surface area contributed by atoms with Crippen LogP contribution in [0.1, 0.15) is 19.3 Å². The van der Waals surface area contributed by atoms with Crippen LogP contribution in [0, 0.1) is 0 Å². The highest BCUT2D eigenvalue weighted by Gasteiger charge is 2.25. The first-order valence-electron chi connectivity index (χ1n) is 7.56. The van der Waals surface area contributed by atoms with Gasteiger partial charge in [0.05, 0.1) is 12.8 Å². The molecule has 0 saturated carbocycles. The summed E-state index contributed by atoms with van der Waals surface area (Å²) in [5, 5.41) is 6.18. The Hall–Kier alpha value is -1.75. The Bertz CT molecular complexity index is 465. The largest absolute Gasteiger partial charge is 0.495 e. The Morgan fingerprint density at radius 2 is 2.24 bits per heavy atom. The fourth-order valence-corrected chi connectivity index (χ4v) is 2.71. The lowest BCUT2D eigenvalue weighted by Gasteiger charge is -2.21. The van der Waals surface area contributed by atoms with E-state index in [1.165, 1.54) is 0 Å². The number of rotatable bonds is 7. The summed E-state index contributed by atoms with van der Waals surface area (Å²) in [5.41, 5.74) is 1.10. The lowest BCUT2D eigenvalue weighted by molar-refractivity contribution is -0.121. The normalized spacial score (nSPS) is 17.8. The number of nitrogens with one attached hydrogen (secondary N) is 2. The molecule has 1 amide bonds. The molecular formula is C16H25N3O2. The van der Waals surface area contributed by atoms with Crippen LogP contribution in [0.25, 0.3) is 0 Å².